The number of fused-ring (bicyclic) bond motifs is 1. The maximum absolute atomic E-state index is 13.0. The fraction of sp³-hybridized carbons (Fsp3) is 0.750. The van der Waals surface area contributed by atoms with E-state index >= 15 is 0 Å². The van der Waals surface area contributed by atoms with Crippen LogP contribution in [0.1, 0.15) is 58.6 Å². The van der Waals surface area contributed by atoms with E-state index < -0.39 is 0 Å². The summed E-state index contributed by atoms with van der Waals surface area (Å²) in [6.07, 6.45) is 8.32. The second-order valence-electron chi connectivity index (χ2n) is 9.49. The highest BCUT2D eigenvalue weighted by molar-refractivity contribution is 7.14. The van der Waals surface area contributed by atoms with Gasteiger partial charge in [-0.2, -0.15) is 0 Å². The summed E-state index contributed by atoms with van der Waals surface area (Å²) in [6.45, 7) is 8.14. The first kappa shape index (κ1) is 22.7. The monoisotopic (exact) mass is 446 g/mol. The lowest BCUT2D eigenvalue weighted by Crippen LogP contribution is -2.45. The molecule has 1 aromatic rings. The van der Waals surface area contributed by atoms with Crippen LogP contribution in [0.4, 0.5) is 0 Å². The third-order valence-corrected chi connectivity index (χ3v) is 8.33. The van der Waals surface area contributed by atoms with Gasteiger partial charge in [0.1, 0.15) is 0 Å². The average Bonchev–Trinajstić information content (AvgIpc) is 3.02. The average molecular weight is 447 g/mol. The molecular weight excluding hydrogens is 408 g/mol. The molecule has 1 aromatic heterocycles. The van der Waals surface area contributed by atoms with Gasteiger partial charge < -0.3 is 20.0 Å². The van der Waals surface area contributed by atoms with E-state index in [2.05, 4.69) is 28.2 Å². The molecular formula is C24H38N4O2S. The van der Waals surface area contributed by atoms with Gasteiger partial charge >= 0.3 is 0 Å². The number of thiophene rings is 1. The lowest BCUT2D eigenvalue weighted by Gasteiger charge is -2.32. The highest BCUT2D eigenvalue weighted by atomic mass is 32.1. The standard InChI is InChI=1S/C24H38N4O2S/c1-26-13-15-27(16-14-26)10-6-9-25-23(29)19-7-8-21-20(17-19)18-22(31-21)24(30)28-11-4-2-3-5-12-28/h18-19H,2-17H2,1H3,(H,25,29). The summed E-state index contributed by atoms with van der Waals surface area (Å²) in [4.78, 5) is 34.8. The predicted molar refractivity (Wildman–Crippen MR) is 126 cm³/mol. The molecule has 2 saturated heterocycles. The van der Waals surface area contributed by atoms with Crippen molar-refractivity contribution in [2.45, 2.75) is 51.4 Å². The van der Waals surface area contributed by atoms with Gasteiger partial charge in [-0.1, -0.05) is 12.8 Å². The maximum Gasteiger partial charge on any atom is 0.263 e. The Hall–Kier alpha value is -1.44. The summed E-state index contributed by atoms with van der Waals surface area (Å²) in [5.41, 5.74) is 1.23. The molecule has 1 aliphatic carbocycles. The van der Waals surface area contributed by atoms with E-state index in [-0.39, 0.29) is 17.7 Å². The maximum atomic E-state index is 13.0. The molecule has 3 heterocycles. The Labute approximate surface area is 191 Å². The number of rotatable bonds is 6. The topological polar surface area (TPSA) is 55.9 Å². The summed E-state index contributed by atoms with van der Waals surface area (Å²) < 4.78 is 0. The molecule has 1 N–H and O–H groups in total. The van der Waals surface area contributed by atoms with Crippen LogP contribution in [0.5, 0.6) is 0 Å². The summed E-state index contributed by atoms with van der Waals surface area (Å²) >= 11 is 1.66. The number of nitrogens with zero attached hydrogens (tertiary/aromatic N) is 3. The highest BCUT2D eigenvalue weighted by Crippen LogP contribution is 2.33. The first-order valence-corrected chi connectivity index (χ1v) is 13.0. The zero-order valence-electron chi connectivity index (χ0n) is 19.0. The number of piperazine rings is 1. The number of likely N-dealkylation sites (tertiary alicyclic amines) is 1. The smallest absolute Gasteiger partial charge is 0.263 e. The minimum Gasteiger partial charge on any atom is -0.356 e. The van der Waals surface area contributed by atoms with Gasteiger partial charge in [-0.15, -0.1) is 11.3 Å². The first-order chi connectivity index (χ1) is 15.1. The van der Waals surface area contributed by atoms with Crippen molar-refractivity contribution >= 4 is 23.2 Å². The van der Waals surface area contributed by atoms with Crippen LogP contribution in [0.15, 0.2) is 6.07 Å². The molecule has 6 nitrogen and oxygen atoms in total. The SMILES string of the molecule is CN1CCN(CCCNC(=O)C2CCc3sc(C(=O)N4CCCCCC4)cc3C2)CC1. The van der Waals surface area contributed by atoms with Crippen LogP contribution in [0.25, 0.3) is 0 Å². The van der Waals surface area contributed by atoms with Crippen LogP contribution in [-0.2, 0) is 17.6 Å². The Balaban J connectivity index is 1.23. The summed E-state index contributed by atoms with van der Waals surface area (Å²) in [5.74, 6) is 0.439. The summed E-state index contributed by atoms with van der Waals surface area (Å²) in [7, 11) is 2.18. The van der Waals surface area contributed by atoms with Crippen molar-refractivity contribution in [2.75, 3.05) is 59.4 Å². The molecule has 2 aliphatic heterocycles. The van der Waals surface area contributed by atoms with Crippen molar-refractivity contribution in [1.29, 1.82) is 0 Å². The molecule has 4 rings (SSSR count). The Morgan fingerprint density at radius 2 is 1.81 bits per heavy atom. The number of carbonyl (C=O) groups is 2. The molecule has 0 spiro atoms. The van der Waals surface area contributed by atoms with Gasteiger partial charge in [0.15, 0.2) is 0 Å². The quantitative estimate of drug-likeness (QED) is 0.683. The third kappa shape index (κ3) is 6.08. The van der Waals surface area contributed by atoms with Crippen molar-refractivity contribution in [1.82, 2.24) is 20.0 Å². The first-order valence-electron chi connectivity index (χ1n) is 12.2. The van der Waals surface area contributed by atoms with E-state index in [0.717, 1.165) is 95.8 Å². The van der Waals surface area contributed by atoms with Crippen LogP contribution in [-0.4, -0.2) is 85.9 Å². The molecule has 2 amide bonds. The molecule has 0 radical (unpaired) electrons. The van der Waals surface area contributed by atoms with Gasteiger partial charge in [-0.3, -0.25) is 9.59 Å². The molecule has 31 heavy (non-hydrogen) atoms. The van der Waals surface area contributed by atoms with Crippen molar-refractivity contribution in [3.63, 3.8) is 0 Å². The fourth-order valence-corrected chi connectivity index (χ4v) is 6.19. The van der Waals surface area contributed by atoms with Gasteiger partial charge in [-0.05, 0) is 63.7 Å². The number of hydrogen-bond donors (Lipinski definition) is 1. The number of carbonyl (C=O) groups excluding carboxylic acids is 2. The Bertz CT molecular complexity index is 749. The summed E-state index contributed by atoms with van der Waals surface area (Å²) in [5, 5.41) is 3.17. The van der Waals surface area contributed by atoms with Crippen LogP contribution < -0.4 is 5.32 Å². The van der Waals surface area contributed by atoms with Crippen LogP contribution in [0.3, 0.4) is 0 Å². The Morgan fingerprint density at radius 1 is 1.06 bits per heavy atom. The van der Waals surface area contributed by atoms with Crippen LogP contribution in [0.2, 0.25) is 0 Å². The molecule has 7 heteroatoms. The second-order valence-corrected chi connectivity index (χ2v) is 10.6. The van der Waals surface area contributed by atoms with Crippen molar-refractivity contribution < 1.29 is 9.59 Å². The number of likely N-dealkylation sites (N-methyl/N-ethyl adjacent to an activating group) is 1. The molecule has 1 atom stereocenters. The van der Waals surface area contributed by atoms with E-state index in [1.807, 2.05) is 4.90 Å². The molecule has 0 bridgehead atoms. The summed E-state index contributed by atoms with van der Waals surface area (Å²) in [6, 6.07) is 2.08. The van der Waals surface area contributed by atoms with E-state index in [0.29, 0.717) is 0 Å². The number of nitrogens with one attached hydrogen (secondary N) is 1. The van der Waals surface area contributed by atoms with Gasteiger partial charge in [0.05, 0.1) is 4.88 Å². The van der Waals surface area contributed by atoms with E-state index in [9.17, 15) is 9.59 Å². The number of amides is 2. The second kappa shape index (κ2) is 10.9. The van der Waals surface area contributed by atoms with E-state index in [1.165, 1.54) is 23.3 Å². The zero-order chi connectivity index (χ0) is 21.6. The predicted octanol–water partition coefficient (Wildman–Crippen LogP) is 2.62. The molecule has 3 aliphatic rings. The van der Waals surface area contributed by atoms with Crippen LogP contribution in [0, 0.1) is 5.92 Å². The van der Waals surface area contributed by atoms with Gasteiger partial charge in [-0.25, -0.2) is 0 Å². The number of hydrogen-bond acceptors (Lipinski definition) is 5. The Morgan fingerprint density at radius 3 is 2.55 bits per heavy atom. The normalized spacial score (nSPS) is 23.3. The molecule has 0 aromatic carbocycles. The molecule has 2 fully saturated rings. The fourth-order valence-electron chi connectivity index (χ4n) is 5.01. The lowest BCUT2D eigenvalue weighted by molar-refractivity contribution is -0.125. The molecule has 1 unspecified atom stereocenters. The minimum atomic E-state index is 0.0480. The zero-order valence-corrected chi connectivity index (χ0v) is 19.9. The Kier molecular flexibility index (Phi) is 8.02. The molecule has 172 valence electrons. The number of aryl methyl sites for hydroxylation is 1. The van der Waals surface area contributed by atoms with E-state index in [4.69, 9.17) is 0 Å². The van der Waals surface area contributed by atoms with Crippen molar-refractivity contribution in [3.05, 3.63) is 21.4 Å². The van der Waals surface area contributed by atoms with Gasteiger partial charge in [0.25, 0.3) is 5.91 Å². The van der Waals surface area contributed by atoms with Gasteiger partial charge in [0.2, 0.25) is 5.91 Å². The van der Waals surface area contributed by atoms with Gasteiger partial charge in [0, 0.05) is 56.6 Å². The van der Waals surface area contributed by atoms with Crippen LogP contribution >= 0.6 is 11.3 Å². The largest absolute Gasteiger partial charge is 0.356 e. The highest BCUT2D eigenvalue weighted by Gasteiger charge is 2.28. The lowest BCUT2D eigenvalue weighted by atomic mass is 9.87. The minimum absolute atomic E-state index is 0.0480. The molecule has 0 saturated carbocycles. The van der Waals surface area contributed by atoms with E-state index in [1.54, 1.807) is 11.3 Å². The van der Waals surface area contributed by atoms with Crippen molar-refractivity contribution in [3.8, 4) is 0 Å². The third-order valence-electron chi connectivity index (χ3n) is 7.10. The van der Waals surface area contributed by atoms with Crippen molar-refractivity contribution in [2.24, 2.45) is 5.92 Å².